The average molecular weight is 715 g/mol. The first-order valence-electron chi connectivity index (χ1n) is 17.7. The molecule has 0 bridgehead atoms. The lowest BCUT2D eigenvalue weighted by Crippen LogP contribution is -2.33. The van der Waals surface area contributed by atoms with E-state index in [-0.39, 0.29) is 12.5 Å². The zero-order valence-corrected chi connectivity index (χ0v) is 31.6. The number of rotatable bonds is 21. The number of alkyl halides is 1. The Kier molecular flexibility index (Phi) is 16.7. The number of carbonyl (C=O) groups excluding carboxylic acids is 2. The summed E-state index contributed by atoms with van der Waals surface area (Å²) < 4.78 is 32.0. The molecule has 0 spiro atoms. The molecule has 1 aliphatic carbocycles. The highest BCUT2D eigenvalue weighted by Gasteiger charge is 2.39. The molecule has 0 heterocycles. The predicted molar refractivity (Wildman–Crippen MR) is 203 cm³/mol. The van der Waals surface area contributed by atoms with Gasteiger partial charge < -0.3 is 29.3 Å². The van der Waals surface area contributed by atoms with Gasteiger partial charge in [0.2, 0.25) is 5.91 Å². The van der Waals surface area contributed by atoms with E-state index in [0.29, 0.717) is 74.9 Å². The summed E-state index contributed by atoms with van der Waals surface area (Å²) in [6.07, 6.45) is 7.68. The molecule has 0 saturated heterocycles. The number of fused-ring (bicyclic) bond motifs is 2. The molecule has 0 saturated carbocycles. The summed E-state index contributed by atoms with van der Waals surface area (Å²) in [7, 11) is 7.55. The van der Waals surface area contributed by atoms with E-state index in [9.17, 15) is 9.59 Å². The first-order chi connectivity index (χ1) is 23.9. The van der Waals surface area contributed by atoms with Crippen molar-refractivity contribution in [1.29, 1.82) is 0 Å². The maximum Gasteiger partial charge on any atom is 0.434 e. The fourth-order valence-electron chi connectivity index (χ4n) is 6.01. The number of unbranched alkanes of at least 4 members (excludes halogenated alkanes) is 5. The number of hydrogen-bond acceptors (Lipinski definition) is 7. The van der Waals surface area contributed by atoms with Crippen molar-refractivity contribution in [2.24, 2.45) is 4.99 Å². The van der Waals surface area contributed by atoms with E-state index in [1.54, 1.807) is 25.1 Å². The summed E-state index contributed by atoms with van der Waals surface area (Å²) >= 11 is 5.67. The van der Waals surface area contributed by atoms with E-state index in [2.05, 4.69) is 36.8 Å². The van der Waals surface area contributed by atoms with Crippen LogP contribution < -0.4 is 15.1 Å². The van der Waals surface area contributed by atoms with Crippen LogP contribution in [-0.4, -0.2) is 91.4 Å². The smallest absolute Gasteiger partial charge is 0.434 e. The summed E-state index contributed by atoms with van der Waals surface area (Å²) in [6.45, 7) is 11.1. The molecule has 50 heavy (non-hydrogen) atoms. The molecule has 1 aliphatic rings. The summed E-state index contributed by atoms with van der Waals surface area (Å²) in [5, 5.41) is 2.86. The molecule has 0 aliphatic heterocycles. The molecule has 0 radical (unpaired) electrons. The van der Waals surface area contributed by atoms with Gasteiger partial charge in [0.25, 0.3) is 0 Å². The zero-order chi connectivity index (χ0) is 36.7. The third-order valence-electron chi connectivity index (χ3n) is 8.89. The third-order valence-corrected chi connectivity index (χ3v) is 9.15. The van der Waals surface area contributed by atoms with E-state index in [4.69, 9.17) is 25.8 Å². The Balaban J connectivity index is 1.52. The Hall–Kier alpha value is -3.47. The Labute approximate surface area is 303 Å². The van der Waals surface area contributed by atoms with Crippen molar-refractivity contribution < 1.29 is 28.2 Å². The lowest BCUT2D eigenvalue weighted by Gasteiger charge is -2.38. The number of nitrogens with one attached hydrogen (secondary N) is 1. The SMILES string of the molecule is C=Cc1cc(N(C)C)cc2c1/C(=N/C(=O)OCCCCCC(=O)NCCOCCOCCCCCCCl)c1cc(F)c(N(C)C)cc1C2(C)C. The highest BCUT2D eigenvalue weighted by Crippen LogP contribution is 2.46. The van der Waals surface area contributed by atoms with Gasteiger partial charge in [-0.1, -0.05) is 39.3 Å². The van der Waals surface area contributed by atoms with Crippen LogP contribution in [0.3, 0.4) is 0 Å². The van der Waals surface area contributed by atoms with Gasteiger partial charge in [-0.05, 0) is 73.1 Å². The van der Waals surface area contributed by atoms with Gasteiger partial charge in [0.05, 0.1) is 37.8 Å². The minimum Gasteiger partial charge on any atom is -0.448 e. The molecule has 1 N–H and O–H groups in total. The molecule has 0 atom stereocenters. The highest BCUT2D eigenvalue weighted by atomic mass is 35.5. The third kappa shape index (κ3) is 11.5. The van der Waals surface area contributed by atoms with Crippen molar-refractivity contribution in [1.82, 2.24) is 5.32 Å². The van der Waals surface area contributed by atoms with Crippen LogP contribution >= 0.6 is 11.6 Å². The van der Waals surface area contributed by atoms with Gasteiger partial charge in [-0.25, -0.2) is 9.18 Å². The first-order valence-corrected chi connectivity index (χ1v) is 18.2. The van der Waals surface area contributed by atoms with Crippen molar-refractivity contribution in [2.75, 3.05) is 83.4 Å². The van der Waals surface area contributed by atoms with Crippen LogP contribution in [0.25, 0.3) is 6.08 Å². The van der Waals surface area contributed by atoms with E-state index in [1.807, 2.05) is 31.1 Å². The van der Waals surface area contributed by atoms with Crippen LogP contribution in [0.2, 0.25) is 0 Å². The molecule has 2 aromatic carbocycles. The number of amides is 2. The summed E-state index contributed by atoms with van der Waals surface area (Å²) in [4.78, 5) is 33.5. The lowest BCUT2D eigenvalue weighted by atomic mass is 9.67. The molecule has 276 valence electrons. The quantitative estimate of drug-likeness (QED) is 0.105. The van der Waals surface area contributed by atoms with Gasteiger partial charge in [0.1, 0.15) is 5.82 Å². The Morgan fingerprint density at radius 3 is 2.24 bits per heavy atom. The summed E-state index contributed by atoms with van der Waals surface area (Å²) in [5.41, 5.74) is 5.21. The van der Waals surface area contributed by atoms with Gasteiger partial charge in [0.15, 0.2) is 0 Å². The number of halogens is 2. The highest BCUT2D eigenvalue weighted by molar-refractivity contribution is 6.21. The van der Waals surface area contributed by atoms with Gasteiger partial charge in [0, 0.05) is 75.9 Å². The van der Waals surface area contributed by atoms with Crippen molar-refractivity contribution in [3.63, 3.8) is 0 Å². The van der Waals surface area contributed by atoms with Crippen LogP contribution in [0.4, 0.5) is 20.6 Å². The number of benzene rings is 2. The Morgan fingerprint density at radius 1 is 0.880 bits per heavy atom. The fraction of sp³-hybridized carbons (Fsp3) is 0.564. The van der Waals surface area contributed by atoms with E-state index >= 15 is 4.39 Å². The summed E-state index contributed by atoms with van der Waals surface area (Å²) in [6, 6.07) is 7.40. The topological polar surface area (TPSA) is 92.7 Å². The molecule has 2 aromatic rings. The van der Waals surface area contributed by atoms with Crippen LogP contribution in [0, 0.1) is 5.82 Å². The molecule has 9 nitrogen and oxygen atoms in total. The second kappa shape index (κ2) is 20.4. The molecule has 0 unspecified atom stereocenters. The zero-order valence-electron chi connectivity index (χ0n) is 30.8. The van der Waals surface area contributed by atoms with Crippen molar-refractivity contribution in [3.8, 4) is 0 Å². The number of hydrogen-bond donors (Lipinski definition) is 1. The van der Waals surface area contributed by atoms with Crippen molar-refractivity contribution in [2.45, 2.75) is 70.6 Å². The van der Waals surface area contributed by atoms with E-state index in [0.717, 1.165) is 60.2 Å². The fourth-order valence-corrected chi connectivity index (χ4v) is 6.20. The molecule has 2 amide bonds. The largest absolute Gasteiger partial charge is 0.448 e. The second-order valence-corrected chi connectivity index (χ2v) is 13.9. The van der Waals surface area contributed by atoms with Crippen LogP contribution in [0.15, 0.2) is 35.8 Å². The first kappa shape index (κ1) is 41.0. The van der Waals surface area contributed by atoms with Crippen molar-refractivity contribution in [3.05, 3.63) is 64.5 Å². The molecule has 0 aromatic heterocycles. The average Bonchev–Trinajstić information content (AvgIpc) is 3.07. The normalized spacial score (nSPS) is 13.8. The predicted octanol–water partition coefficient (Wildman–Crippen LogP) is 7.72. The maximum absolute atomic E-state index is 15.4. The Bertz CT molecular complexity index is 1480. The van der Waals surface area contributed by atoms with Gasteiger partial charge in [-0.15, -0.1) is 11.6 Å². The lowest BCUT2D eigenvalue weighted by molar-refractivity contribution is -0.121. The number of ether oxygens (including phenoxy) is 3. The van der Waals surface area contributed by atoms with E-state index in [1.165, 1.54) is 6.07 Å². The van der Waals surface area contributed by atoms with Gasteiger partial charge in [-0.3, -0.25) is 4.79 Å². The van der Waals surface area contributed by atoms with E-state index < -0.39 is 17.3 Å². The van der Waals surface area contributed by atoms with Crippen LogP contribution in [0.1, 0.15) is 93.0 Å². The minimum absolute atomic E-state index is 0.0390. The number of nitrogens with zero attached hydrogens (tertiary/aromatic N) is 3. The van der Waals surface area contributed by atoms with Gasteiger partial charge >= 0.3 is 6.09 Å². The Morgan fingerprint density at radius 2 is 1.56 bits per heavy atom. The maximum atomic E-state index is 15.4. The summed E-state index contributed by atoms with van der Waals surface area (Å²) in [5.74, 6) is 0.273. The van der Waals surface area contributed by atoms with Crippen molar-refractivity contribution >= 4 is 46.8 Å². The number of anilines is 2. The number of carbonyl (C=O) groups is 2. The monoisotopic (exact) mass is 714 g/mol. The molecule has 3 rings (SSSR count). The second-order valence-electron chi connectivity index (χ2n) is 13.5. The van der Waals surface area contributed by atoms with Crippen LogP contribution in [-0.2, 0) is 24.4 Å². The molecular formula is C39H56ClFN4O5. The number of aliphatic imine (C=N–C) groups is 1. The molecule has 11 heteroatoms. The molecule has 0 fully saturated rings. The molecular weight excluding hydrogens is 659 g/mol. The van der Waals surface area contributed by atoms with Gasteiger partial charge in [-0.2, -0.15) is 4.99 Å². The standard InChI is InChI=1S/C39H56ClFN4O5/c1-8-28-24-29(44(4)5)25-32-36(28)37(30-26-33(41)34(45(6)7)27-31(30)39(32,2)3)43-38(47)50-20-15-11-12-16-35(46)42-18-21-49-23-22-48-19-14-10-9-13-17-40/h8,24-27H,1,9-23H2,2-7H3,(H,42,46)/b43-37+. The van der Waals surface area contributed by atoms with Crippen LogP contribution in [0.5, 0.6) is 0 Å². The minimum atomic E-state index is -0.745.